The van der Waals surface area contributed by atoms with Crippen molar-refractivity contribution >= 4 is 11.9 Å². The molecule has 0 rings (SSSR count). The van der Waals surface area contributed by atoms with Crippen LogP contribution in [0.2, 0.25) is 0 Å². The van der Waals surface area contributed by atoms with Crippen LogP contribution in [0.1, 0.15) is 12.8 Å². The van der Waals surface area contributed by atoms with Gasteiger partial charge in [0.05, 0.1) is 0 Å². The zero-order chi connectivity index (χ0) is 11.0. The molecule has 0 aromatic carbocycles. The lowest BCUT2D eigenvalue weighted by molar-refractivity contribution is -0.138. The highest BCUT2D eigenvalue weighted by atomic mass is 16.4. The molecule has 14 heavy (non-hydrogen) atoms. The molecule has 0 heterocycles. The topological polar surface area (TPSA) is 134 Å². The van der Waals surface area contributed by atoms with E-state index < -0.39 is 12.0 Å². The largest absolute Gasteiger partial charge is 0.480 e. The van der Waals surface area contributed by atoms with Crippen LogP contribution in [-0.4, -0.2) is 41.5 Å². The molecule has 0 unspecified atom stereocenters. The van der Waals surface area contributed by atoms with E-state index in [1.807, 2.05) is 0 Å². The Hall–Kier alpha value is -1.34. The van der Waals surface area contributed by atoms with Crippen LogP contribution in [0.5, 0.6) is 0 Å². The molecule has 0 amide bonds. The average molecular weight is 204 g/mol. The van der Waals surface area contributed by atoms with Gasteiger partial charge in [0, 0.05) is 6.54 Å². The first kappa shape index (κ1) is 12.7. The molecule has 0 fully saturated rings. The zero-order valence-electron chi connectivity index (χ0n) is 7.81. The third kappa shape index (κ3) is 6.21. The van der Waals surface area contributed by atoms with Crippen molar-refractivity contribution in [3.8, 4) is 0 Å². The van der Waals surface area contributed by atoms with Crippen LogP contribution < -0.4 is 16.8 Å². The Balaban J connectivity index is 3.47. The van der Waals surface area contributed by atoms with Gasteiger partial charge in [0.15, 0.2) is 5.96 Å². The summed E-state index contributed by atoms with van der Waals surface area (Å²) in [6.07, 6.45) is 0.948. The van der Waals surface area contributed by atoms with Crippen molar-refractivity contribution < 1.29 is 15.0 Å². The second-order valence-corrected chi connectivity index (χ2v) is 2.70. The molecule has 0 radical (unpaired) electrons. The highest BCUT2D eigenvalue weighted by molar-refractivity contribution is 5.77. The summed E-state index contributed by atoms with van der Waals surface area (Å²) >= 11 is 0. The van der Waals surface area contributed by atoms with E-state index in [1.165, 1.54) is 0 Å². The second kappa shape index (κ2) is 7.10. The molecule has 7 N–H and O–H groups in total. The molecule has 1 atom stereocenters. The number of aliphatic imine (C=N–C) groups is 1. The van der Waals surface area contributed by atoms with Gasteiger partial charge in [-0.2, -0.15) is 0 Å². The molecule has 0 saturated carbocycles. The zero-order valence-corrected chi connectivity index (χ0v) is 7.81. The van der Waals surface area contributed by atoms with Gasteiger partial charge in [-0.05, 0) is 12.8 Å². The van der Waals surface area contributed by atoms with Gasteiger partial charge < -0.3 is 27.0 Å². The first-order valence-electron chi connectivity index (χ1n) is 4.21. The van der Waals surface area contributed by atoms with Crippen LogP contribution in [0, 0.1) is 0 Å². The molecule has 7 heteroatoms. The number of aliphatic hydroxyl groups is 1. The van der Waals surface area contributed by atoms with Crippen LogP contribution in [0.25, 0.3) is 0 Å². The summed E-state index contributed by atoms with van der Waals surface area (Å²) < 4.78 is 0. The van der Waals surface area contributed by atoms with Crippen LogP contribution in [0.3, 0.4) is 0 Å². The van der Waals surface area contributed by atoms with Crippen LogP contribution in [0.4, 0.5) is 0 Å². The number of carboxylic acids is 1. The van der Waals surface area contributed by atoms with Crippen molar-refractivity contribution in [2.24, 2.45) is 16.5 Å². The summed E-state index contributed by atoms with van der Waals surface area (Å²) in [5, 5.41) is 19.5. The summed E-state index contributed by atoms with van der Waals surface area (Å²) in [5.41, 5.74) is 10.6. The van der Waals surface area contributed by atoms with Gasteiger partial charge in [0.2, 0.25) is 0 Å². The number of hydrogen-bond donors (Lipinski definition) is 5. The van der Waals surface area contributed by atoms with Crippen LogP contribution in [-0.2, 0) is 4.79 Å². The Morgan fingerprint density at radius 3 is 2.71 bits per heavy atom. The maximum absolute atomic E-state index is 10.3. The molecular formula is C7H16N4O3. The smallest absolute Gasteiger partial charge is 0.320 e. The van der Waals surface area contributed by atoms with Crippen molar-refractivity contribution in [1.82, 2.24) is 5.32 Å². The van der Waals surface area contributed by atoms with Crippen molar-refractivity contribution in [2.75, 3.05) is 13.3 Å². The molecule has 0 saturated heterocycles. The second-order valence-electron chi connectivity index (χ2n) is 2.70. The van der Waals surface area contributed by atoms with Gasteiger partial charge >= 0.3 is 5.97 Å². The van der Waals surface area contributed by atoms with E-state index in [9.17, 15) is 4.79 Å². The number of nitrogens with zero attached hydrogens (tertiary/aromatic N) is 1. The molecule has 82 valence electrons. The number of nitrogens with one attached hydrogen (secondary N) is 1. The number of rotatable bonds is 6. The molecule has 0 aliphatic carbocycles. The molecule has 0 aliphatic heterocycles. The fourth-order valence-electron chi connectivity index (χ4n) is 0.794. The summed E-state index contributed by atoms with van der Waals surface area (Å²) in [6.45, 7) is 0.115. The average Bonchev–Trinajstić information content (AvgIpc) is 2.12. The highest BCUT2D eigenvalue weighted by Gasteiger charge is 2.09. The summed E-state index contributed by atoms with van der Waals surface area (Å²) in [4.78, 5) is 13.8. The predicted octanol–water partition coefficient (Wildman–Crippen LogP) is -1.97. The molecule has 0 aromatic rings. The number of guanidine groups is 1. The first-order chi connectivity index (χ1) is 6.57. The standard InChI is InChI=1S/C7H16N4O3/c8-5(6(13)14)2-1-3-10-7(9)11-4-12/h5,12H,1-4,8H2,(H,13,14)(H3,9,10,11)/t5-/m0/s1. The monoisotopic (exact) mass is 204 g/mol. The lowest BCUT2D eigenvalue weighted by Gasteiger charge is -2.07. The minimum Gasteiger partial charge on any atom is -0.480 e. The Morgan fingerprint density at radius 2 is 2.21 bits per heavy atom. The Labute approximate surface area is 81.8 Å². The normalized spacial score (nSPS) is 13.7. The van der Waals surface area contributed by atoms with E-state index in [0.717, 1.165) is 0 Å². The predicted molar refractivity (Wildman–Crippen MR) is 51.6 cm³/mol. The number of aliphatic hydroxyl groups excluding tert-OH is 1. The summed E-state index contributed by atoms with van der Waals surface area (Å²) in [5.74, 6) is -0.876. The number of aliphatic carboxylic acids is 1. The number of carboxylic acid groups (broad SMARTS) is 1. The quantitative estimate of drug-likeness (QED) is 0.193. The minimum atomic E-state index is -1.01. The van der Waals surface area contributed by atoms with Crippen molar-refractivity contribution in [3.63, 3.8) is 0 Å². The van der Waals surface area contributed by atoms with E-state index >= 15 is 0 Å². The Morgan fingerprint density at radius 1 is 1.57 bits per heavy atom. The van der Waals surface area contributed by atoms with Gasteiger partial charge in [0.25, 0.3) is 0 Å². The maximum Gasteiger partial charge on any atom is 0.320 e. The maximum atomic E-state index is 10.3. The Bertz CT molecular complexity index is 207. The summed E-state index contributed by atoms with van der Waals surface area (Å²) in [6, 6.07) is -0.840. The van der Waals surface area contributed by atoms with Crippen molar-refractivity contribution in [1.29, 1.82) is 0 Å². The van der Waals surface area contributed by atoms with E-state index in [4.69, 9.17) is 21.7 Å². The number of carbonyl (C=O) groups is 1. The highest BCUT2D eigenvalue weighted by Crippen LogP contribution is 1.92. The fraction of sp³-hybridized carbons (Fsp3) is 0.714. The molecule has 0 spiro atoms. The SMILES string of the molecule is N/C(=N\CO)NCCC[C@H](N)C(=O)O. The van der Waals surface area contributed by atoms with Gasteiger partial charge in [0.1, 0.15) is 12.8 Å². The molecule has 0 bridgehead atoms. The molecule has 0 aliphatic rings. The van der Waals surface area contributed by atoms with E-state index in [2.05, 4.69) is 10.3 Å². The Kier molecular flexibility index (Phi) is 6.42. The van der Waals surface area contributed by atoms with Gasteiger partial charge in [-0.15, -0.1) is 0 Å². The number of hydrogen-bond acceptors (Lipinski definition) is 4. The first-order valence-corrected chi connectivity index (χ1v) is 4.21. The van der Waals surface area contributed by atoms with E-state index in [-0.39, 0.29) is 12.7 Å². The molecule has 7 nitrogen and oxygen atoms in total. The molecule has 0 aromatic heterocycles. The van der Waals surface area contributed by atoms with Gasteiger partial charge in [-0.3, -0.25) is 4.79 Å². The summed E-state index contributed by atoms with van der Waals surface area (Å²) in [7, 11) is 0. The van der Waals surface area contributed by atoms with Gasteiger partial charge in [-0.25, -0.2) is 4.99 Å². The van der Waals surface area contributed by atoms with Gasteiger partial charge in [-0.1, -0.05) is 0 Å². The van der Waals surface area contributed by atoms with E-state index in [1.54, 1.807) is 0 Å². The number of nitrogens with two attached hydrogens (primary N) is 2. The van der Waals surface area contributed by atoms with Crippen molar-refractivity contribution in [3.05, 3.63) is 0 Å². The fourth-order valence-corrected chi connectivity index (χ4v) is 0.794. The third-order valence-corrected chi connectivity index (χ3v) is 1.56. The molecular weight excluding hydrogens is 188 g/mol. The lowest BCUT2D eigenvalue weighted by atomic mass is 10.2. The lowest BCUT2D eigenvalue weighted by Crippen LogP contribution is -2.35. The third-order valence-electron chi connectivity index (χ3n) is 1.56. The van der Waals surface area contributed by atoms with Crippen LogP contribution >= 0.6 is 0 Å². The minimum absolute atomic E-state index is 0.136. The van der Waals surface area contributed by atoms with Crippen LogP contribution in [0.15, 0.2) is 4.99 Å². The van der Waals surface area contributed by atoms with E-state index in [0.29, 0.717) is 19.4 Å². The van der Waals surface area contributed by atoms with Crippen molar-refractivity contribution in [2.45, 2.75) is 18.9 Å².